The van der Waals surface area contributed by atoms with Gasteiger partial charge in [0.1, 0.15) is 199 Å². The van der Waals surface area contributed by atoms with Crippen molar-refractivity contribution in [1.82, 2.24) is 0 Å². The Hall–Kier alpha value is -3.84. The Kier molecular flexibility index (Phi) is 10.9. The average Bonchev–Trinajstić information content (AvgIpc) is 3.69. The minimum atomic E-state index is 1.03. The summed E-state index contributed by atoms with van der Waals surface area (Å²) < 4.78 is 7.23. The van der Waals surface area contributed by atoms with Crippen molar-refractivity contribution in [2.24, 2.45) is 0 Å². The van der Waals surface area contributed by atoms with Crippen molar-refractivity contribution in [3.8, 4) is 22.3 Å². The van der Waals surface area contributed by atoms with E-state index in [1.165, 1.54) is 207 Å². The molecule has 0 amide bonds. The highest BCUT2D eigenvalue weighted by atomic mass is 16.3. The summed E-state index contributed by atoms with van der Waals surface area (Å²) in [5.74, 6) is 0. The van der Waals surface area contributed by atoms with Gasteiger partial charge in [-0.25, -0.2) is 0 Å². The number of fused-ring (bicyclic) bond motifs is 8. The molecule has 0 saturated carbocycles. The number of hydrogen-bond acceptors (Lipinski definition) is 1. The first-order valence-electron chi connectivity index (χ1n) is 24.2. The summed E-state index contributed by atoms with van der Waals surface area (Å²) in [5.41, 5.74) is 40.4. The Labute approximate surface area is 408 Å². The van der Waals surface area contributed by atoms with Gasteiger partial charge in [0.05, 0.1) is 0 Å². The monoisotopic (exact) mass is 809 g/mol. The van der Waals surface area contributed by atoms with Crippen LogP contribution >= 0.6 is 0 Å². The molecule has 65 heavy (non-hydrogen) atoms. The highest BCUT2D eigenvalue weighted by molar-refractivity contribution is 6.77. The van der Waals surface area contributed by atoms with Gasteiger partial charge in [-0.05, 0) is 70.8 Å². The van der Waals surface area contributed by atoms with E-state index >= 15 is 0 Å². The molecule has 0 saturated heterocycles. The minimum Gasteiger partial charge on any atom is -0.457 e. The number of rotatable bonds is 2. The highest BCUT2D eigenvalue weighted by Gasteiger charge is 2.31. The van der Waals surface area contributed by atoms with Crippen LogP contribution < -0.4 is 131 Å². The van der Waals surface area contributed by atoms with E-state index in [-0.39, 0.29) is 0 Å². The first-order valence-corrected chi connectivity index (χ1v) is 24.2. The van der Waals surface area contributed by atoms with E-state index in [4.69, 9.17) is 4.42 Å². The molecule has 0 aliphatic rings. The van der Waals surface area contributed by atoms with Gasteiger partial charge in [0, 0.05) is 10.8 Å². The fraction of sp³-hybridized carbons (Fsp3) is 0. The predicted molar refractivity (Wildman–Crippen MR) is 371 cm³/mol. The SMILES string of the molecule is Bc1c(B)c(B)c2c(oc3c(B)c(-c4c5c(B)c(B)c(B)c(B)c5c(-c5c(B)c6c(B)c(B)c(B)c(B)c6c6c(B)c(B)c(B)c(B)c56)c5c(B)c(B)c(B)c(B)c45)c(B)c(B)c32)c1B. The summed E-state index contributed by atoms with van der Waals surface area (Å²) in [5, 5.41) is 13.8. The van der Waals surface area contributed by atoms with Crippen LogP contribution in [0.2, 0.25) is 0 Å². The van der Waals surface area contributed by atoms with Gasteiger partial charge in [-0.1, -0.05) is 76.5 Å². The smallest absolute Gasteiger partial charge is 0.145 e. The van der Waals surface area contributed by atoms with Crippen LogP contribution in [-0.2, 0) is 0 Å². The topological polar surface area (TPSA) is 13.1 Å². The predicted octanol–water partition coefficient (Wildman–Crippen LogP) is -30.3. The third kappa shape index (κ3) is 5.75. The van der Waals surface area contributed by atoms with E-state index < -0.39 is 0 Å². The molecule has 0 unspecified atom stereocenters. The van der Waals surface area contributed by atoms with Crippen molar-refractivity contribution in [1.29, 1.82) is 0 Å². The van der Waals surface area contributed by atoms with E-state index in [0.717, 1.165) is 11.2 Å². The molecule has 0 aliphatic carbocycles. The van der Waals surface area contributed by atoms with Crippen molar-refractivity contribution in [2.75, 3.05) is 0 Å². The van der Waals surface area contributed by atoms with Crippen LogP contribution in [0.3, 0.4) is 0 Å². The Balaban J connectivity index is 1.68. The molecule has 286 valence electrons. The van der Waals surface area contributed by atoms with E-state index in [2.05, 4.69) is 188 Å². The lowest BCUT2D eigenvalue weighted by atomic mass is 9.56. The van der Waals surface area contributed by atoms with Gasteiger partial charge in [0.2, 0.25) is 0 Å². The van der Waals surface area contributed by atoms with Crippen molar-refractivity contribution in [3.63, 3.8) is 0 Å². The lowest BCUT2D eigenvalue weighted by molar-refractivity contribution is 0.675. The van der Waals surface area contributed by atoms with Crippen molar-refractivity contribution in [2.45, 2.75) is 0 Å². The van der Waals surface area contributed by atoms with E-state index in [0.29, 0.717) is 0 Å². The summed E-state index contributed by atoms with van der Waals surface area (Å²) in [6, 6.07) is 0. The fourth-order valence-corrected chi connectivity index (χ4v) is 13.0. The summed E-state index contributed by atoms with van der Waals surface area (Å²) in [4.78, 5) is 0. The molecule has 9 rings (SSSR count). The average molecular weight is 804 g/mol. The maximum absolute atomic E-state index is 7.23. The van der Waals surface area contributed by atoms with Gasteiger partial charge in [0.15, 0.2) is 0 Å². The molecule has 8 aromatic carbocycles. The van der Waals surface area contributed by atoms with Crippen LogP contribution in [0.25, 0.3) is 87.3 Å². The van der Waals surface area contributed by atoms with Gasteiger partial charge in [0.25, 0.3) is 0 Å². The van der Waals surface area contributed by atoms with Gasteiger partial charge in [-0.3, -0.25) is 0 Å². The molecule has 9 aromatic rings. The standard InChI is InChI=1S/C40H48B24O/c41-15-3(8-9(21(47)33(59)32(58)20(8)46)10-12(15)24(50)35(61)34(60)22(10)48)1-4-6(18(44)30(56)28(54)16(4)42)2(7-5(1)17(43)29(55)31(57)19(7)45)11-23(49)25(51)13-14-26(52)36(62)37(63)38(64)40(14)65-39(13)27(11)53/h41-64H2. The lowest BCUT2D eigenvalue weighted by Gasteiger charge is -2.32. The number of furan rings is 1. The molecule has 1 heterocycles. The third-order valence-electron chi connectivity index (χ3n) is 18.8. The second kappa shape index (κ2) is 15.3. The van der Waals surface area contributed by atoms with Gasteiger partial charge >= 0.3 is 0 Å². The molecule has 0 bridgehead atoms. The van der Waals surface area contributed by atoms with Crippen molar-refractivity contribution in [3.05, 3.63) is 0 Å². The van der Waals surface area contributed by atoms with Crippen LogP contribution in [0.15, 0.2) is 4.42 Å². The maximum atomic E-state index is 7.23. The molecule has 0 spiro atoms. The van der Waals surface area contributed by atoms with E-state index in [1.807, 2.05) is 0 Å². The first kappa shape index (κ1) is 46.3. The lowest BCUT2D eigenvalue weighted by Crippen LogP contribution is -2.52. The normalized spacial score (nSPS) is 11.9. The summed E-state index contributed by atoms with van der Waals surface area (Å²) in [7, 11) is 56.7. The molecule has 25 heteroatoms. The zero-order valence-corrected chi connectivity index (χ0v) is 44.4. The zero-order chi connectivity index (χ0) is 47.8. The summed E-state index contributed by atoms with van der Waals surface area (Å²) in [6.45, 7) is 0. The molecule has 0 N–H and O–H groups in total. The molecule has 0 radical (unpaired) electrons. The quantitative estimate of drug-likeness (QED) is 0.0964. The molecule has 1 aromatic heterocycles. The number of benzene rings is 8. The number of hydrogen-bond donors (Lipinski definition) is 0. The van der Waals surface area contributed by atoms with Gasteiger partial charge in [-0.15, -0.1) is 49.2 Å². The molecular weight excluding hydrogens is 756 g/mol. The molecule has 0 aliphatic heterocycles. The van der Waals surface area contributed by atoms with Crippen LogP contribution in [-0.4, -0.2) is 188 Å². The van der Waals surface area contributed by atoms with Crippen molar-refractivity contribution >= 4 is 384 Å². The second-order valence-electron chi connectivity index (χ2n) is 21.0. The van der Waals surface area contributed by atoms with Crippen LogP contribution in [0, 0.1) is 0 Å². The zero-order valence-electron chi connectivity index (χ0n) is 44.4. The third-order valence-corrected chi connectivity index (χ3v) is 18.8. The molecular formula is C40H48B24O. The van der Waals surface area contributed by atoms with E-state index in [9.17, 15) is 0 Å². The Morgan fingerprint density at radius 2 is 0.369 bits per heavy atom. The molecule has 1 nitrogen and oxygen atoms in total. The van der Waals surface area contributed by atoms with Crippen molar-refractivity contribution < 1.29 is 4.42 Å². The summed E-state index contributed by atoms with van der Waals surface area (Å²) in [6.07, 6.45) is 0. The van der Waals surface area contributed by atoms with Crippen LogP contribution in [0.4, 0.5) is 0 Å². The van der Waals surface area contributed by atoms with Crippen LogP contribution in [0.1, 0.15) is 0 Å². The Bertz CT molecular complexity index is 3740. The second-order valence-corrected chi connectivity index (χ2v) is 21.0. The van der Waals surface area contributed by atoms with Crippen LogP contribution in [0.5, 0.6) is 0 Å². The highest BCUT2D eigenvalue weighted by Crippen LogP contribution is 2.42. The van der Waals surface area contributed by atoms with E-state index in [1.54, 1.807) is 0 Å². The molecule has 0 atom stereocenters. The van der Waals surface area contributed by atoms with Gasteiger partial charge in [-0.2, -0.15) is 0 Å². The Morgan fingerprint density at radius 1 is 0.138 bits per heavy atom. The largest absolute Gasteiger partial charge is 0.457 e. The maximum Gasteiger partial charge on any atom is 0.145 e. The molecule has 0 fully saturated rings. The minimum absolute atomic E-state index is 1.03. The fourth-order valence-electron chi connectivity index (χ4n) is 13.0. The first-order chi connectivity index (χ1) is 30.3. The summed E-state index contributed by atoms with van der Waals surface area (Å²) >= 11 is 0. The Morgan fingerprint density at radius 3 is 0.738 bits per heavy atom. The van der Waals surface area contributed by atoms with Gasteiger partial charge < -0.3 is 4.42 Å².